The summed E-state index contributed by atoms with van der Waals surface area (Å²) in [6.07, 6.45) is 4.41. The van der Waals surface area contributed by atoms with Gasteiger partial charge in [-0.1, -0.05) is 11.8 Å². The molecule has 3 aromatic rings. The number of nitrogens with zero attached hydrogens (tertiary/aromatic N) is 4. The first-order chi connectivity index (χ1) is 8.33. The van der Waals surface area contributed by atoms with Crippen LogP contribution < -0.4 is 0 Å². The number of halogens is 1. The average molecular weight is 247 g/mol. The van der Waals surface area contributed by atoms with Crippen molar-refractivity contribution in [3.05, 3.63) is 36.9 Å². The fourth-order valence-electron chi connectivity index (χ4n) is 1.38. The van der Waals surface area contributed by atoms with Gasteiger partial charge >= 0.3 is 0 Å². The lowest BCUT2D eigenvalue weighted by atomic mass is 10.5. The fourth-order valence-corrected chi connectivity index (χ4v) is 2.24. The Morgan fingerprint density at radius 3 is 3.00 bits per heavy atom. The third-order valence-corrected chi connectivity index (χ3v) is 3.09. The Balaban J connectivity index is 2.02. The van der Waals surface area contributed by atoms with Crippen LogP contribution in [-0.4, -0.2) is 24.9 Å². The van der Waals surface area contributed by atoms with E-state index in [1.165, 1.54) is 30.4 Å². The molecule has 3 rings (SSSR count). The fraction of sp³-hybridized carbons (Fsp3) is 0. The maximum atomic E-state index is 12.9. The summed E-state index contributed by atoms with van der Waals surface area (Å²) in [7, 11) is 0. The van der Waals surface area contributed by atoms with Crippen LogP contribution in [0.4, 0.5) is 4.39 Å². The molecule has 0 unspecified atom stereocenters. The monoisotopic (exact) mass is 247 g/mol. The molecule has 0 fully saturated rings. The van der Waals surface area contributed by atoms with E-state index in [1.807, 2.05) is 0 Å². The predicted molar refractivity (Wildman–Crippen MR) is 60.0 cm³/mol. The number of fused-ring (bicyclic) bond motifs is 1. The molecule has 0 aliphatic carbocycles. The van der Waals surface area contributed by atoms with E-state index in [0.717, 1.165) is 10.4 Å². The zero-order valence-corrected chi connectivity index (χ0v) is 9.28. The first-order valence-corrected chi connectivity index (χ1v) is 5.58. The zero-order valence-electron chi connectivity index (χ0n) is 8.46. The SMILES string of the molecule is Fc1cc(Sc2ncnc3nc[nH]c23)ccn1. The molecule has 0 aromatic carbocycles. The zero-order chi connectivity index (χ0) is 11.7. The second kappa shape index (κ2) is 4.10. The molecular formula is C10H6FN5S. The van der Waals surface area contributed by atoms with Crippen molar-refractivity contribution in [3.63, 3.8) is 0 Å². The molecule has 0 aliphatic heterocycles. The van der Waals surface area contributed by atoms with Crippen LogP contribution >= 0.6 is 11.8 Å². The van der Waals surface area contributed by atoms with Gasteiger partial charge in [-0.15, -0.1) is 0 Å². The molecule has 0 atom stereocenters. The first kappa shape index (κ1) is 10.2. The molecule has 5 nitrogen and oxygen atoms in total. The molecule has 3 aromatic heterocycles. The summed E-state index contributed by atoms with van der Waals surface area (Å²) in [5.41, 5.74) is 1.34. The van der Waals surface area contributed by atoms with E-state index < -0.39 is 5.95 Å². The number of hydrogen-bond acceptors (Lipinski definition) is 5. The summed E-state index contributed by atoms with van der Waals surface area (Å²) in [6, 6.07) is 3.08. The number of rotatable bonds is 2. The minimum atomic E-state index is -0.509. The van der Waals surface area contributed by atoms with Gasteiger partial charge in [-0.05, 0) is 6.07 Å². The number of hydrogen-bond donors (Lipinski definition) is 1. The Kier molecular flexibility index (Phi) is 2.45. The number of aromatic nitrogens is 5. The van der Waals surface area contributed by atoms with Crippen LogP contribution in [-0.2, 0) is 0 Å². The van der Waals surface area contributed by atoms with Crippen LogP contribution in [0.15, 0.2) is 40.9 Å². The van der Waals surface area contributed by atoms with Crippen molar-refractivity contribution in [1.29, 1.82) is 0 Å². The highest BCUT2D eigenvalue weighted by atomic mass is 32.2. The van der Waals surface area contributed by atoms with Crippen LogP contribution in [0, 0.1) is 5.95 Å². The molecule has 3 heterocycles. The van der Waals surface area contributed by atoms with Gasteiger partial charge in [-0.3, -0.25) is 0 Å². The highest BCUT2D eigenvalue weighted by Gasteiger charge is 2.07. The number of aromatic amines is 1. The summed E-state index contributed by atoms with van der Waals surface area (Å²) in [5.74, 6) is -0.509. The first-order valence-electron chi connectivity index (χ1n) is 4.76. The molecule has 0 aliphatic rings. The van der Waals surface area contributed by atoms with Gasteiger partial charge in [-0.25, -0.2) is 19.9 Å². The van der Waals surface area contributed by atoms with Gasteiger partial charge in [-0.2, -0.15) is 4.39 Å². The molecule has 0 saturated heterocycles. The summed E-state index contributed by atoms with van der Waals surface area (Å²) >= 11 is 1.33. The van der Waals surface area contributed by atoms with Crippen molar-refractivity contribution in [3.8, 4) is 0 Å². The second-order valence-electron chi connectivity index (χ2n) is 3.20. The third-order valence-electron chi connectivity index (χ3n) is 2.10. The van der Waals surface area contributed by atoms with Crippen LogP contribution in [0.1, 0.15) is 0 Å². The van der Waals surface area contributed by atoms with Crippen molar-refractivity contribution in [1.82, 2.24) is 24.9 Å². The van der Waals surface area contributed by atoms with Crippen LogP contribution in [0.3, 0.4) is 0 Å². The van der Waals surface area contributed by atoms with E-state index in [4.69, 9.17) is 0 Å². The predicted octanol–water partition coefficient (Wildman–Crippen LogP) is 2.04. The van der Waals surface area contributed by atoms with E-state index in [-0.39, 0.29) is 0 Å². The van der Waals surface area contributed by atoms with Crippen LogP contribution in [0.25, 0.3) is 11.2 Å². The maximum Gasteiger partial charge on any atom is 0.213 e. The normalized spacial score (nSPS) is 10.9. The minimum Gasteiger partial charge on any atom is -0.341 e. The molecule has 0 spiro atoms. The smallest absolute Gasteiger partial charge is 0.213 e. The number of nitrogens with one attached hydrogen (secondary N) is 1. The van der Waals surface area contributed by atoms with Crippen molar-refractivity contribution in [2.24, 2.45) is 0 Å². The molecule has 0 saturated carbocycles. The van der Waals surface area contributed by atoms with Gasteiger partial charge in [0.2, 0.25) is 5.95 Å². The van der Waals surface area contributed by atoms with E-state index in [0.29, 0.717) is 10.7 Å². The van der Waals surface area contributed by atoms with Crippen molar-refractivity contribution in [2.75, 3.05) is 0 Å². The van der Waals surface area contributed by atoms with Gasteiger partial charge in [0, 0.05) is 17.2 Å². The van der Waals surface area contributed by atoms with Crippen molar-refractivity contribution < 1.29 is 4.39 Å². The highest BCUT2D eigenvalue weighted by Crippen LogP contribution is 2.29. The summed E-state index contributed by atoms with van der Waals surface area (Å²) in [4.78, 5) is 19.4. The van der Waals surface area contributed by atoms with Gasteiger partial charge in [0.15, 0.2) is 5.65 Å². The number of H-pyrrole nitrogens is 1. The van der Waals surface area contributed by atoms with E-state index in [2.05, 4.69) is 24.9 Å². The van der Waals surface area contributed by atoms with Gasteiger partial charge < -0.3 is 4.98 Å². The van der Waals surface area contributed by atoms with E-state index >= 15 is 0 Å². The molecule has 1 N–H and O–H groups in total. The number of pyridine rings is 1. The summed E-state index contributed by atoms with van der Waals surface area (Å²) < 4.78 is 12.9. The Labute approximate surface area is 99.5 Å². The molecule has 84 valence electrons. The van der Waals surface area contributed by atoms with Gasteiger partial charge in [0.25, 0.3) is 0 Å². The van der Waals surface area contributed by atoms with Gasteiger partial charge in [0.1, 0.15) is 16.9 Å². The molecule has 17 heavy (non-hydrogen) atoms. The van der Waals surface area contributed by atoms with E-state index in [1.54, 1.807) is 12.4 Å². The average Bonchev–Trinajstić information content (AvgIpc) is 2.78. The molecule has 0 amide bonds. The lowest BCUT2D eigenvalue weighted by molar-refractivity contribution is 0.579. The summed E-state index contributed by atoms with van der Waals surface area (Å²) in [5, 5.41) is 0.707. The quantitative estimate of drug-likeness (QED) is 0.554. The largest absolute Gasteiger partial charge is 0.341 e. The highest BCUT2D eigenvalue weighted by molar-refractivity contribution is 7.99. The topological polar surface area (TPSA) is 67.3 Å². The third kappa shape index (κ3) is 1.96. The molecule has 0 bridgehead atoms. The van der Waals surface area contributed by atoms with Crippen molar-refractivity contribution in [2.45, 2.75) is 9.92 Å². The lowest BCUT2D eigenvalue weighted by Gasteiger charge is -2.00. The second-order valence-corrected chi connectivity index (χ2v) is 4.26. The molecular weight excluding hydrogens is 241 g/mol. The Bertz CT molecular complexity index is 668. The maximum absolute atomic E-state index is 12.9. The Morgan fingerprint density at radius 2 is 2.12 bits per heavy atom. The molecule has 0 radical (unpaired) electrons. The Morgan fingerprint density at radius 1 is 1.18 bits per heavy atom. The number of imidazole rings is 1. The summed E-state index contributed by atoms with van der Waals surface area (Å²) in [6.45, 7) is 0. The van der Waals surface area contributed by atoms with Gasteiger partial charge in [0.05, 0.1) is 6.33 Å². The molecule has 7 heteroatoms. The van der Waals surface area contributed by atoms with Crippen LogP contribution in [0.2, 0.25) is 0 Å². The Hall–Kier alpha value is -2.02. The van der Waals surface area contributed by atoms with E-state index in [9.17, 15) is 4.39 Å². The van der Waals surface area contributed by atoms with Crippen LogP contribution in [0.5, 0.6) is 0 Å². The standard InChI is InChI=1S/C10H6FN5S/c11-7-3-6(1-2-12-7)17-10-8-9(14-4-13-8)15-5-16-10/h1-5H,(H,13,14,15,16). The minimum absolute atomic E-state index is 0.509. The van der Waals surface area contributed by atoms with Crippen molar-refractivity contribution >= 4 is 22.9 Å². The lowest BCUT2D eigenvalue weighted by Crippen LogP contribution is -1.87.